The Labute approximate surface area is 170 Å². The van der Waals surface area contributed by atoms with Gasteiger partial charge in [0.15, 0.2) is 0 Å². The summed E-state index contributed by atoms with van der Waals surface area (Å²) in [6, 6.07) is 19.1. The molecule has 148 valence electrons. The number of nitro benzene ring substituents is 1. The number of para-hydroxylation sites is 1. The quantitative estimate of drug-likeness (QED) is 0.393. The highest BCUT2D eigenvalue weighted by molar-refractivity contribution is 6.46. The minimum absolute atomic E-state index is 0.00399. The van der Waals surface area contributed by atoms with Gasteiger partial charge in [-0.05, 0) is 54.1 Å². The predicted molar refractivity (Wildman–Crippen MR) is 109 cm³/mol. The summed E-state index contributed by atoms with van der Waals surface area (Å²) in [6.45, 7) is 0. The molecule has 30 heavy (non-hydrogen) atoms. The van der Waals surface area contributed by atoms with E-state index in [-0.39, 0.29) is 17.0 Å². The van der Waals surface area contributed by atoms with Gasteiger partial charge < -0.3 is 5.32 Å². The number of nitro groups is 1. The van der Waals surface area contributed by atoms with Gasteiger partial charge in [-0.25, -0.2) is 9.29 Å². The lowest BCUT2D eigenvalue weighted by Gasteiger charge is -2.15. The van der Waals surface area contributed by atoms with Gasteiger partial charge in [0.2, 0.25) is 0 Å². The molecule has 8 heteroatoms. The lowest BCUT2D eigenvalue weighted by Crippen LogP contribution is -2.32. The minimum Gasteiger partial charge on any atom is -0.350 e. The first kappa shape index (κ1) is 19.0. The van der Waals surface area contributed by atoms with Gasteiger partial charge in [0.1, 0.15) is 11.5 Å². The van der Waals surface area contributed by atoms with Gasteiger partial charge in [0, 0.05) is 17.8 Å². The number of hydrogen-bond donors (Lipinski definition) is 1. The Morgan fingerprint density at radius 2 is 1.47 bits per heavy atom. The Morgan fingerprint density at radius 3 is 2.07 bits per heavy atom. The summed E-state index contributed by atoms with van der Waals surface area (Å²) < 4.78 is 13.2. The van der Waals surface area contributed by atoms with Crippen LogP contribution in [0.25, 0.3) is 5.57 Å². The molecule has 4 rings (SSSR count). The van der Waals surface area contributed by atoms with Crippen LogP contribution in [-0.4, -0.2) is 16.7 Å². The molecule has 0 radical (unpaired) electrons. The molecule has 0 aromatic heterocycles. The van der Waals surface area contributed by atoms with Crippen LogP contribution in [0.2, 0.25) is 0 Å². The topological polar surface area (TPSA) is 92.5 Å². The van der Waals surface area contributed by atoms with Crippen molar-refractivity contribution in [1.29, 1.82) is 0 Å². The van der Waals surface area contributed by atoms with E-state index in [2.05, 4.69) is 5.32 Å². The SMILES string of the molecule is O=C1C(Nc2ccc(F)cc2)=C(c2ccc([N+](=O)[O-])cc2)C(=O)N1c1ccccc1. The molecule has 1 heterocycles. The molecular weight excluding hydrogens is 389 g/mol. The van der Waals surface area contributed by atoms with Crippen molar-refractivity contribution in [2.75, 3.05) is 10.2 Å². The highest BCUT2D eigenvalue weighted by Gasteiger charge is 2.40. The number of nitrogens with one attached hydrogen (secondary N) is 1. The van der Waals surface area contributed by atoms with Crippen molar-refractivity contribution >= 4 is 34.4 Å². The van der Waals surface area contributed by atoms with Crippen LogP contribution >= 0.6 is 0 Å². The van der Waals surface area contributed by atoms with Crippen molar-refractivity contribution in [2.24, 2.45) is 0 Å². The van der Waals surface area contributed by atoms with Crippen molar-refractivity contribution in [1.82, 2.24) is 0 Å². The number of halogens is 1. The zero-order valence-electron chi connectivity index (χ0n) is 15.4. The first-order valence-corrected chi connectivity index (χ1v) is 8.91. The van der Waals surface area contributed by atoms with Crippen LogP contribution in [-0.2, 0) is 9.59 Å². The third-order valence-corrected chi connectivity index (χ3v) is 4.58. The summed E-state index contributed by atoms with van der Waals surface area (Å²) in [5.74, 6) is -1.58. The van der Waals surface area contributed by atoms with Gasteiger partial charge in [0.05, 0.1) is 16.2 Å². The number of rotatable bonds is 5. The fraction of sp³-hybridized carbons (Fsp3) is 0. The van der Waals surface area contributed by atoms with Crippen molar-refractivity contribution in [3.05, 3.63) is 106 Å². The van der Waals surface area contributed by atoms with Gasteiger partial charge in [-0.2, -0.15) is 0 Å². The molecule has 3 aromatic carbocycles. The molecule has 0 saturated carbocycles. The predicted octanol–water partition coefficient (Wildman–Crippen LogP) is 4.13. The van der Waals surface area contributed by atoms with Crippen LogP contribution in [0.5, 0.6) is 0 Å². The standard InChI is InChI=1S/C22H14FN3O4/c23-15-8-10-16(11-9-15)24-20-19(14-6-12-18(13-7-14)26(29)30)21(27)25(22(20)28)17-4-2-1-3-5-17/h1-13,24H. The van der Waals surface area contributed by atoms with E-state index in [0.717, 1.165) is 4.90 Å². The smallest absolute Gasteiger partial charge is 0.282 e. The number of non-ortho nitro benzene ring substituents is 1. The molecule has 1 aliphatic heterocycles. The largest absolute Gasteiger partial charge is 0.350 e. The molecule has 1 aliphatic rings. The first-order valence-electron chi connectivity index (χ1n) is 8.91. The summed E-state index contributed by atoms with van der Waals surface area (Å²) >= 11 is 0. The molecule has 0 atom stereocenters. The second-order valence-corrected chi connectivity index (χ2v) is 6.47. The molecule has 3 aromatic rings. The maximum Gasteiger partial charge on any atom is 0.282 e. The van der Waals surface area contributed by atoms with Crippen LogP contribution in [0, 0.1) is 15.9 Å². The summed E-state index contributed by atoms with van der Waals surface area (Å²) in [4.78, 5) is 37.8. The third-order valence-electron chi connectivity index (χ3n) is 4.58. The van der Waals surface area contributed by atoms with Crippen LogP contribution < -0.4 is 10.2 Å². The van der Waals surface area contributed by atoms with Crippen molar-refractivity contribution in [3.8, 4) is 0 Å². The molecule has 1 N–H and O–H groups in total. The number of amides is 2. The summed E-state index contributed by atoms with van der Waals surface area (Å²) in [5.41, 5.74) is 1.10. The molecule has 0 aliphatic carbocycles. The number of carbonyl (C=O) groups excluding carboxylic acids is 2. The van der Waals surface area contributed by atoms with E-state index in [9.17, 15) is 24.1 Å². The fourth-order valence-corrected chi connectivity index (χ4v) is 3.15. The number of anilines is 2. The van der Waals surface area contributed by atoms with E-state index < -0.39 is 22.6 Å². The number of benzene rings is 3. The Hall–Kier alpha value is -4.33. The van der Waals surface area contributed by atoms with Gasteiger partial charge in [-0.15, -0.1) is 0 Å². The lowest BCUT2D eigenvalue weighted by atomic mass is 10.0. The lowest BCUT2D eigenvalue weighted by molar-refractivity contribution is -0.384. The van der Waals surface area contributed by atoms with Crippen LogP contribution in [0.4, 0.5) is 21.5 Å². The maximum absolute atomic E-state index is 13.2. The van der Waals surface area contributed by atoms with Crippen LogP contribution in [0.3, 0.4) is 0 Å². The van der Waals surface area contributed by atoms with Crippen molar-refractivity contribution in [2.45, 2.75) is 0 Å². The van der Waals surface area contributed by atoms with Gasteiger partial charge in [-0.1, -0.05) is 18.2 Å². The summed E-state index contributed by atoms with van der Waals surface area (Å²) in [6.07, 6.45) is 0. The highest BCUT2D eigenvalue weighted by atomic mass is 19.1. The van der Waals surface area contributed by atoms with E-state index in [1.165, 1.54) is 48.5 Å². The van der Waals surface area contributed by atoms with Crippen molar-refractivity contribution < 1.29 is 18.9 Å². The number of carbonyl (C=O) groups is 2. The molecule has 0 fully saturated rings. The highest BCUT2D eigenvalue weighted by Crippen LogP contribution is 2.34. The maximum atomic E-state index is 13.2. The number of nitrogens with zero attached hydrogens (tertiary/aromatic N) is 2. The Bertz CT molecular complexity index is 1170. The van der Waals surface area contributed by atoms with Gasteiger partial charge in [-0.3, -0.25) is 19.7 Å². The zero-order valence-corrected chi connectivity index (χ0v) is 15.4. The van der Waals surface area contributed by atoms with Crippen LogP contribution in [0.1, 0.15) is 5.56 Å². The van der Waals surface area contributed by atoms with Crippen molar-refractivity contribution in [3.63, 3.8) is 0 Å². The van der Waals surface area contributed by atoms with E-state index in [1.807, 2.05) is 0 Å². The average Bonchev–Trinajstić information content (AvgIpc) is 3.00. The Morgan fingerprint density at radius 1 is 0.833 bits per heavy atom. The van der Waals surface area contributed by atoms with E-state index in [0.29, 0.717) is 16.9 Å². The Kier molecular flexibility index (Phi) is 4.81. The monoisotopic (exact) mass is 403 g/mol. The van der Waals surface area contributed by atoms with E-state index >= 15 is 0 Å². The molecule has 7 nitrogen and oxygen atoms in total. The minimum atomic E-state index is -0.580. The number of imide groups is 1. The van der Waals surface area contributed by atoms with Crippen LogP contribution in [0.15, 0.2) is 84.6 Å². The average molecular weight is 403 g/mol. The molecule has 0 spiro atoms. The number of hydrogen-bond acceptors (Lipinski definition) is 5. The van der Waals surface area contributed by atoms with Gasteiger partial charge >= 0.3 is 0 Å². The second-order valence-electron chi connectivity index (χ2n) is 6.47. The Balaban J connectivity index is 1.81. The molecular formula is C22H14FN3O4. The molecule has 2 amide bonds. The van der Waals surface area contributed by atoms with Gasteiger partial charge in [0.25, 0.3) is 17.5 Å². The zero-order chi connectivity index (χ0) is 21.3. The normalized spacial score (nSPS) is 13.7. The fourth-order valence-electron chi connectivity index (χ4n) is 3.15. The molecule has 0 unspecified atom stereocenters. The third kappa shape index (κ3) is 3.42. The second kappa shape index (κ2) is 7.59. The first-order chi connectivity index (χ1) is 14.5. The molecule has 0 bridgehead atoms. The summed E-state index contributed by atoms with van der Waals surface area (Å²) in [7, 11) is 0. The summed E-state index contributed by atoms with van der Waals surface area (Å²) in [5, 5.41) is 13.8. The van der Waals surface area contributed by atoms with E-state index in [1.54, 1.807) is 30.3 Å². The molecule has 0 saturated heterocycles. The van der Waals surface area contributed by atoms with E-state index in [4.69, 9.17) is 0 Å².